The number of unbranched alkanes of at least 4 members (excludes halogenated alkanes) is 2. The summed E-state index contributed by atoms with van der Waals surface area (Å²) in [6.07, 6.45) is 14.5. The molecule has 0 aromatic rings. The van der Waals surface area contributed by atoms with Gasteiger partial charge in [0.05, 0.1) is 23.9 Å². The molecule has 0 radical (unpaired) electrons. The van der Waals surface area contributed by atoms with Gasteiger partial charge >= 0.3 is 0 Å². The van der Waals surface area contributed by atoms with Crippen LogP contribution in [0.4, 0.5) is 0 Å². The number of amides is 2. The van der Waals surface area contributed by atoms with E-state index in [0.29, 0.717) is 25.1 Å². The fourth-order valence-electron chi connectivity index (χ4n) is 6.31. The van der Waals surface area contributed by atoms with Crippen LogP contribution in [0.15, 0.2) is 11.8 Å². The Bertz CT molecular complexity index is 824. The number of sulfonamides is 1. The average molecular weight is 452 g/mol. The van der Waals surface area contributed by atoms with Gasteiger partial charge in [-0.15, -0.1) is 0 Å². The van der Waals surface area contributed by atoms with Gasteiger partial charge in [-0.05, 0) is 57.6 Å². The Labute approximate surface area is 186 Å². The summed E-state index contributed by atoms with van der Waals surface area (Å²) in [5.41, 5.74) is 0.486. The highest BCUT2D eigenvalue weighted by molar-refractivity contribution is 7.89. The Kier molecular flexibility index (Phi) is 6.77. The van der Waals surface area contributed by atoms with Gasteiger partial charge in [0.2, 0.25) is 21.8 Å². The van der Waals surface area contributed by atoms with Crippen molar-refractivity contribution in [2.24, 2.45) is 5.92 Å². The number of piperidine rings is 1. The predicted molar refractivity (Wildman–Crippen MR) is 120 cm³/mol. The fourth-order valence-corrected chi connectivity index (χ4v) is 7.34. The lowest BCUT2D eigenvalue weighted by molar-refractivity contribution is -0.133. The van der Waals surface area contributed by atoms with Crippen molar-refractivity contribution in [3.8, 4) is 0 Å². The van der Waals surface area contributed by atoms with Gasteiger partial charge in [0, 0.05) is 25.0 Å². The predicted octanol–water partition coefficient (Wildman–Crippen LogP) is 2.88. The first-order valence-electron chi connectivity index (χ1n) is 12.1. The van der Waals surface area contributed by atoms with Crippen molar-refractivity contribution in [3.05, 3.63) is 11.8 Å². The van der Waals surface area contributed by atoms with Crippen LogP contribution in [0.5, 0.6) is 0 Å². The second-order valence-corrected chi connectivity index (χ2v) is 11.6. The van der Waals surface area contributed by atoms with Crippen molar-refractivity contribution in [2.75, 3.05) is 19.3 Å². The van der Waals surface area contributed by atoms with E-state index in [1.54, 1.807) is 11.0 Å². The Balaban J connectivity index is 1.28. The first kappa shape index (κ1) is 22.8. The Hall–Kier alpha value is -1.41. The van der Waals surface area contributed by atoms with Gasteiger partial charge in [-0.2, -0.15) is 0 Å². The summed E-state index contributed by atoms with van der Waals surface area (Å²) in [5.74, 6) is -0.792. The number of carbonyl (C=O) groups is 2. The van der Waals surface area contributed by atoms with Crippen LogP contribution in [0.3, 0.4) is 0 Å². The minimum Gasteiger partial charge on any atom is -0.330 e. The summed E-state index contributed by atoms with van der Waals surface area (Å²) >= 11 is 0. The van der Waals surface area contributed by atoms with Crippen LogP contribution in [-0.2, 0) is 19.6 Å². The third kappa shape index (κ3) is 4.42. The van der Waals surface area contributed by atoms with E-state index in [-0.39, 0.29) is 11.8 Å². The monoisotopic (exact) mass is 451 g/mol. The number of hydrogen-bond acceptors (Lipinski definition) is 5. The number of hydrogen-bond donors (Lipinski definition) is 0. The average Bonchev–Trinajstić information content (AvgIpc) is 3.30. The van der Waals surface area contributed by atoms with Crippen LogP contribution in [0.1, 0.15) is 77.6 Å². The number of fused-ring (bicyclic) bond motifs is 3. The Morgan fingerprint density at radius 3 is 2.45 bits per heavy atom. The highest BCUT2D eigenvalue weighted by Gasteiger charge is 2.53. The van der Waals surface area contributed by atoms with E-state index in [1.165, 1.54) is 32.1 Å². The van der Waals surface area contributed by atoms with Crippen LogP contribution < -0.4 is 0 Å². The summed E-state index contributed by atoms with van der Waals surface area (Å²) < 4.78 is 25.3. The zero-order valence-corrected chi connectivity index (χ0v) is 19.8. The molecule has 4 aliphatic heterocycles. The van der Waals surface area contributed by atoms with Crippen molar-refractivity contribution in [1.82, 2.24) is 14.1 Å². The zero-order chi connectivity index (χ0) is 22.2. The maximum Gasteiger partial charge on any atom is 0.246 e. The Morgan fingerprint density at radius 2 is 1.81 bits per heavy atom. The van der Waals surface area contributed by atoms with E-state index in [1.807, 2.05) is 6.92 Å². The lowest BCUT2D eigenvalue weighted by Gasteiger charge is -2.34. The molecule has 8 heteroatoms. The molecule has 4 aliphatic rings. The number of carbonyl (C=O) groups excluding carboxylic acids is 2. The van der Waals surface area contributed by atoms with Crippen molar-refractivity contribution >= 4 is 21.8 Å². The number of rotatable bonds is 9. The molecule has 2 bridgehead atoms. The second-order valence-electron chi connectivity index (χ2n) is 9.75. The largest absolute Gasteiger partial charge is 0.330 e. The Morgan fingerprint density at radius 1 is 1.10 bits per heavy atom. The fraction of sp³-hybridized carbons (Fsp3) is 0.826. The molecule has 2 unspecified atom stereocenters. The number of nitrogens with zero attached hydrogens (tertiary/aromatic N) is 3. The minimum absolute atomic E-state index is 0.0403. The van der Waals surface area contributed by atoms with E-state index in [0.717, 1.165) is 54.9 Å². The van der Waals surface area contributed by atoms with Crippen molar-refractivity contribution < 1.29 is 18.0 Å². The molecule has 0 spiro atoms. The van der Waals surface area contributed by atoms with Gasteiger partial charge in [-0.25, -0.2) is 12.7 Å². The maximum absolute atomic E-state index is 13.0. The molecule has 0 aromatic carbocycles. The standard InChI is InChI=1S/C23H37N3O4S/c1-3-8-19-22-20(26(23(19)28)31(2,29)30)14-16-25(22)21(27)11-5-4-6-15-24-17-9-7-10-18(24)13-12-17/h14,17-19,22H,3-13,15-16H2,1-2H3/t17?,18?,19-,22-/m1/s1. The van der Waals surface area contributed by atoms with Crippen molar-refractivity contribution in [2.45, 2.75) is 95.7 Å². The van der Waals surface area contributed by atoms with Crippen LogP contribution in [0.25, 0.3) is 0 Å². The molecule has 0 saturated carbocycles. The summed E-state index contributed by atoms with van der Waals surface area (Å²) in [5, 5.41) is 0. The molecule has 7 nitrogen and oxygen atoms in total. The molecular weight excluding hydrogens is 414 g/mol. The molecule has 3 saturated heterocycles. The van der Waals surface area contributed by atoms with Gasteiger partial charge in [0.15, 0.2) is 0 Å². The molecular formula is C23H37N3O4S. The van der Waals surface area contributed by atoms with E-state index in [4.69, 9.17) is 0 Å². The van der Waals surface area contributed by atoms with Gasteiger partial charge in [0.1, 0.15) is 0 Å². The van der Waals surface area contributed by atoms with E-state index in [2.05, 4.69) is 4.90 Å². The molecule has 2 amide bonds. The second kappa shape index (κ2) is 9.22. The highest BCUT2D eigenvalue weighted by atomic mass is 32.2. The normalized spacial score (nSPS) is 30.8. The topological polar surface area (TPSA) is 78.0 Å². The van der Waals surface area contributed by atoms with E-state index in [9.17, 15) is 18.0 Å². The van der Waals surface area contributed by atoms with Crippen LogP contribution in [0, 0.1) is 5.92 Å². The van der Waals surface area contributed by atoms with Crippen LogP contribution in [0.2, 0.25) is 0 Å². The molecule has 4 rings (SSSR count). The molecule has 0 aromatic heterocycles. The summed E-state index contributed by atoms with van der Waals surface area (Å²) in [4.78, 5) is 30.2. The first-order valence-corrected chi connectivity index (χ1v) is 14.0. The van der Waals surface area contributed by atoms with Gasteiger partial charge in [0.25, 0.3) is 0 Å². The molecule has 3 fully saturated rings. The van der Waals surface area contributed by atoms with E-state index < -0.39 is 22.0 Å². The van der Waals surface area contributed by atoms with Crippen molar-refractivity contribution in [3.63, 3.8) is 0 Å². The lowest BCUT2D eigenvalue weighted by atomic mass is 9.96. The van der Waals surface area contributed by atoms with Gasteiger partial charge < -0.3 is 4.90 Å². The third-order valence-electron chi connectivity index (χ3n) is 7.67. The van der Waals surface area contributed by atoms with Gasteiger partial charge in [-0.1, -0.05) is 26.2 Å². The van der Waals surface area contributed by atoms with E-state index >= 15 is 0 Å². The quantitative estimate of drug-likeness (QED) is 0.504. The zero-order valence-electron chi connectivity index (χ0n) is 19.0. The first-order chi connectivity index (χ1) is 14.8. The molecule has 0 N–H and O–H groups in total. The van der Waals surface area contributed by atoms with Gasteiger partial charge in [-0.3, -0.25) is 14.5 Å². The lowest BCUT2D eigenvalue weighted by Crippen LogP contribution is -2.41. The van der Waals surface area contributed by atoms with Crippen LogP contribution >= 0.6 is 0 Å². The third-order valence-corrected chi connectivity index (χ3v) is 8.73. The molecule has 174 valence electrons. The SMILES string of the molecule is CCC[C@H]1C(=O)N(S(C)(=O)=O)C2=CCN(C(=O)CCCCCN3C4CCCC3CC4)[C@@H]21. The maximum atomic E-state index is 13.0. The molecule has 31 heavy (non-hydrogen) atoms. The summed E-state index contributed by atoms with van der Waals surface area (Å²) in [6.45, 7) is 3.53. The van der Waals surface area contributed by atoms with Crippen LogP contribution in [-0.4, -0.2) is 71.8 Å². The smallest absolute Gasteiger partial charge is 0.246 e. The molecule has 0 aliphatic carbocycles. The molecule has 4 heterocycles. The highest BCUT2D eigenvalue weighted by Crippen LogP contribution is 2.40. The summed E-state index contributed by atoms with van der Waals surface area (Å²) in [6, 6.07) is 1.17. The minimum atomic E-state index is -3.67. The van der Waals surface area contributed by atoms with Crippen molar-refractivity contribution in [1.29, 1.82) is 0 Å². The summed E-state index contributed by atoms with van der Waals surface area (Å²) in [7, 11) is -3.67. The molecule has 4 atom stereocenters.